The molecule has 5 nitrogen and oxygen atoms in total. The second-order valence-electron chi connectivity index (χ2n) is 7.71. The molecule has 2 heterocycles. The van der Waals surface area contributed by atoms with Gasteiger partial charge >= 0.3 is 5.63 Å². The summed E-state index contributed by atoms with van der Waals surface area (Å²) in [6, 6.07) is 17.5. The van der Waals surface area contributed by atoms with Crippen LogP contribution in [0, 0.1) is 0 Å². The summed E-state index contributed by atoms with van der Waals surface area (Å²) >= 11 is 0. The van der Waals surface area contributed by atoms with E-state index in [-0.39, 0.29) is 5.42 Å². The normalized spacial score (nSPS) is 14.8. The molecule has 4 aromatic rings. The molecule has 1 unspecified atom stereocenters. The topological polar surface area (TPSA) is 57.9 Å². The van der Waals surface area contributed by atoms with Crippen LogP contribution in [0.25, 0.3) is 23.4 Å². The van der Waals surface area contributed by atoms with Crippen LogP contribution in [0.3, 0.4) is 0 Å². The molecule has 0 bridgehead atoms. The van der Waals surface area contributed by atoms with Crippen molar-refractivity contribution in [3.05, 3.63) is 105 Å². The number of ether oxygens (including phenoxy) is 3. The van der Waals surface area contributed by atoms with E-state index in [0.29, 0.717) is 33.8 Å². The molecule has 1 aromatic heterocycles. The Morgan fingerprint density at radius 2 is 1.82 bits per heavy atom. The maximum absolute atomic E-state index is 13.3. The molecule has 164 valence electrons. The molecule has 0 saturated carbocycles. The van der Waals surface area contributed by atoms with Crippen molar-refractivity contribution in [2.24, 2.45) is 0 Å². The standard InChI is InChI=1S/C28H22O5/c1-5-8-19-16(2)32-28(29)26-25(21-15-18(30-3)12-14-22(21)31-4)24-20-10-7-6-9-17(20)11-13-23(24)33-27(19)26/h5-15,25H,1-2H2,3-4H3/b19-8+. The number of fused-ring (bicyclic) bond motifs is 4. The summed E-state index contributed by atoms with van der Waals surface area (Å²) < 4.78 is 23.2. The molecule has 0 spiro atoms. The van der Waals surface area contributed by atoms with Crippen LogP contribution in [0.1, 0.15) is 22.6 Å². The van der Waals surface area contributed by atoms with E-state index >= 15 is 0 Å². The molecule has 0 saturated heterocycles. The van der Waals surface area contributed by atoms with Gasteiger partial charge in [0, 0.05) is 11.1 Å². The number of allylic oxidation sites excluding steroid dienone is 1. The Balaban J connectivity index is 1.98. The lowest BCUT2D eigenvalue weighted by Crippen LogP contribution is -2.35. The van der Waals surface area contributed by atoms with E-state index in [2.05, 4.69) is 13.2 Å². The van der Waals surface area contributed by atoms with Crippen molar-refractivity contribution in [2.75, 3.05) is 14.2 Å². The largest absolute Gasteiger partial charge is 0.497 e. The van der Waals surface area contributed by atoms with Crippen LogP contribution in [0.15, 0.2) is 76.5 Å². The highest BCUT2D eigenvalue weighted by Gasteiger charge is 2.36. The summed E-state index contributed by atoms with van der Waals surface area (Å²) in [6.07, 6.45) is 3.35. The Labute approximate surface area is 190 Å². The SMILES string of the molecule is C=C/C=c1/c2c(c(=O)oc1=C)C(c1cc(OC)ccc1OC)c1c(ccc3ccccc13)O2. The summed E-state index contributed by atoms with van der Waals surface area (Å²) in [5, 5.41) is 2.58. The van der Waals surface area contributed by atoms with E-state index < -0.39 is 11.5 Å². The van der Waals surface area contributed by atoms with E-state index in [0.717, 1.165) is 21.9 Å². The van der Waals surface area contributed by atoms with Crippen molar-refractivity contribution in [1.29, 1.82) is 0 Å². The zero-order valence-electron chi connectivity index (χ0n) is 18.4. The predicted octanol–water partition coefficient (Wildman–Crippen LogP) is 4.47. The third-order valence-electron chi connectivity index (χ3n) is 5.98. The number of hydrogen-bond acceptors (Lipinski definition) is 5. The highest BCUT2D eigenvalue weighted by atomic mass is 16.5. The summed E-state index contributed by atoms with van der Waals surface area (Å²) in [6.45, 7) is 7.69. The van der Waals surface area contributed by atoms with Gasteiger partial charge in [0.2, 0.25) is 0 Å². The van der Waals surface area contributed by atoms with Crippen LogP contribution in [-0.4, -0.2) is 14.2 Å². The van der Waals surface area contributed by atoms with E-state index in [1.165, 1.54) is 0 Å². The highest BCUT2D eigenvalue weighted by molar-refractivity contribution is 5.90. The molecule has 3 aromatic carbocycles. The molecule has 5 rings (SSSR count). The van der Waals surface area contributed by atoms with Crippen molar-refractivity contribution >= 4 is 23.4 Å². The Morgan fingerprint density at radius 3 is 2.58 bits per heavy atom. The van der Waals surface area contributed by atoms with Crippen LogP contribution in [0.4, 0.5) is 0 Å². The zero-order valence-corrected chi connectivity index (χ0v) is 18.4. The molecule has 1 aliphatic heterocycles. The molecule has 0 amide bonds. The molecule has 0 fully saturated rings. The minimum absolute atomic E-state index is 0.222. The number of benzene rings is 3. The van der Waals surface area contributed by atoms with E-state index in [9.17, 15) is 4.79 Å². The maximum atomic E-state index is 13.3. The number of hydrogen-bond donors (Lipinski definition) is 0. The first kappa shape index (κ1) is 20.6. The second-order valence-corrected chi connectivity index (χ2v) is 7.71. The lowest BCUT2D eigenvalue weighted by molar-refractivity contribution is 0.388. The Morgan fingerprint density at radius 1 is 1.00 bits per heavy atom. The van der Waals surface area contributed by atoms with E-state index in [1.807, 2.05) is 54.6 Å². The molecular weight excluding hydrogens is 416 g/mol. The zero-order chi connectivity index (χ0) is 23.1. The Bertz CT molecular complexity index is 1580. The van der Waals surface area contributed by atoms with Gasteiger partial charge in [-0.2, -0.15) is 0 Å². The van der Waals surface area contributed by atoms with E-state index in [1.54, 1.807) is 26.4 Å². The molecule has 0 aliphatic carbocycles. The van der Waals surface area contributed by atoms with Gasteiger partial charge in [0.15, 0.2) is 0 Å². The fourth-order valence-corrected chi connectivity index (χ4v) is 4.52. The molecule has 33 heavy (non-hydrogen) atoms. The molecule has 0 radical (unpaired) electrons. The molecule has 5 heteroatoms. The van der Waals surface area contributed by atoms with Crippen LogP contribution >= 0.6 is 0 Å². The minimum Gasteiger partial charge on any atom is -0.497 e. The summed E-state index contributed by atoms with van der Waals surface area (Å²) in [4.78, 5) is 13.3. The fraction of sp³-hybridized carbons (Fsp3) is 0.107. The first-order valence-electron chi connectivity index (χ1n) is 10.5. The molecular formula is C28H22O5. The van der Waals surface area contributed by atoms with Gasteiger partial charge < -0.3 is 18.6 Å². The van der Waals surface area contributed by atoms with Crippen LogP contribution in [0.2, 0.25) is 0 Å². The quantitative estimate of drug-likeness (QED) is 0.414. The third kappa shape index (κ3) is 3.21. The van der Waals surface area contributed by atoms with Gasteiger partial charge in [-0.1, -0.05) is 49.6 Å². The van der Waals surface area contributed by atoms with Crippen molar-refractivity contribution in [3.63, 3.8) is 0 Å². The first-order valence-corrected chi connectivity index (χ1v) is 10.5. The average molecular weight is 438 g/mol. The van der Waals surface area contributed by atoms with Gasteiger partial charge in [-0.25, -0.2) is 4.79 Å². The maximum Gasteiger partial charge on any atom is 0.344 e. The van der Waals surface area contributed by atoms with Crippen LogP contribution in [-0.2, 0) is 0 Å². The Hall–Kier alpha value is -4.25. The van der Waals surface area contributed by atoms with Crippen LogP contribution < -0.4 is 30.5 Å². The summed E-state index contributed by atoms with van der Waals surface area (Å²) in [7, 11) is 3.21. The summed E-state index contributed by atoms with van der Waals surface area (Å²) in [5.41, 5.74) is 1.73. The predicted molar refractivity (Wildman–Crippen MR) is 129 cm³/mol. The van der Waals surface area contributed by atoms with Crippen molar-refractivity contribution < 1.29 is 18.6 Å². The first-order chi connectivity index (χ1) is 16.1. The van der Waals surface area contributed by atoms with Gasteiger partial charge in [0.1, 0.15) is 28.4 Å². The number of methoxy groups -OCH3 is 2. The monoisotopic (exact) mass is 438 g/mol. The highest BCUT2D eigenvalue weighted by Crippen LogP contribution is 2.50. The second kappa shape index (κ2) is 8.02. The minimum atomic E-state index is -0.520. The Kier molecular flexibility index (Phi) is 5.02. The van der Waals surface area contributed by atoms with Crippen molar-refractivity contribution in [3.8, 4) is 23.0 Å². The smallest absolute Gasteiger partial charge is 0.344 e. The van der Waals surface area contributed by atoms with Gasteiger partial charge in [-0.15, -0.1) is 0 Å². The number of rotatable bonds is 4. The van der Waals surface area contributed by atoms with Crippen molar-refractivity contribution in [2.45, 2.75) is 5.92 Å². The average Bonchev–Trinajstić information content (AvgIpc) is 2.84. The van der Waals surface area contributed by atoms with Crippen LogP contribution in [0.5, 0.6) is 23.0 Å². The fourth-order valence-electron chi connectivity index (χ4n) is 4.52. The molecule has 0 N–H and O–H groups in total. The lowest BCUT2D eigenvalue weighted by Gasteiger charge is -2.30. The van der Waals surface area contributed by atoms with Gasteiger partial charge in [0.05, 0.1) is 30.9 Å². The molecule has 1 atom stereocenters. The van der Waals surface area contributed by atoms with Gasteiger partial charge in [0.25, 0.3) is 0 Å². The van der Waals surface area contributed by atoms with Gasteiger partial charge in [-0.05, 0) is 41.1 Å². The van der Waals surface area contributed by atoms with Gasteiger partial charge in [-0.3, -0.25) is 0 Å². The lowest BCUT2D eigenvalue weighted by atomic mass is 9.80. The summed E-state index contributed by atoms with van der Waals surface area (Å²) in [5.74, 6) is 1.82. The van der Waals surface area contributed by atoms with E-state index in [4.69, 9.17) is 18.6 Å². The van der Waals surface area contributed by atoms with Crippen molar-refractivity contribution in [1.82, 2.24) is 0 Å². The third-order valence-corrected chi connectivity index (χ3v) is 5.98. The molecule has 1 aliphatic rings.